The van der Waals surface area contributed by atoms with Gasteiger partial charge in [-0.1, -0.05) is 31.2 Å². The molecule has 0 aliphatic heterocycles. The van der Waals surface area contributed by atoms with Gasteiger partial charge in [-0.25, -0.2) is 0 Å². The number of benzene rings is 2. The van der Waals surface area contributed by atoms with E-state index in [0.717, 1.165) is 23.5 Å². The molecule has 0 aliphatic carbocycles. The molecule has 0 aromatic heterocycles. The Balaban J connectivity index is 1.72. The van der Waals surface area contributed by atoms with E-state index in [2.05, 4.69) is 19.1 Å². The molecule has 0 radical (unpaired) electrons. The van der Waals surface area contributed by atoms with Crippen LogP contribution in [0.1, 0.15) is 18.1 Å². The van der Waals surface area contributed by atoms with Crippen LogP contribution in [-0.2, 0) is 13.0 Å². The van der Waals surface area contributed by atoms with Crippen LogP contribution >= 0.6 is 0 Å². The molecule has 0 heterocycles. The van der Waals surface area contributed by atoms with E-state index in [1.807, 2.05) is 36.4 Å². The predicted octanol–water partition coefficient (Wildman–Crippen LogP) is 3.17. The van der Waals surface area contributed by atoms with Crippen molar-refractivity contribution in [2.24, 2.45) is 5.73 Å². The monoisotopic (exact) mass is 271 g/mol. The van der Waals surface area contributed by atoms with Crippen molar-refractivity contribution in [2.75, 3.05) is 13.2 Å². The van der Waals surface area contributed by atoms with Crippen molar-refractivity contribution in [2.45, 2.75) is 19.9 Å². The zero-order valence-corrected chi connectivity index (χ0v) is 11.8. The Morgan fingerprint density at radius 1 is 0.750 bits per heavy atom. The lowest BCUT2D eigenvalue weighted by atomic mass is 10.2. The summed E-state index contributed by atoms with van der Waals surface area (Å²) in [4.78, 5) is 0. The SMILES string of the molecule is CCc1ccc(OCCOc2ccc(CN)cc2)cc1. The Morgan fingerprint density at radius 2 is 1.20 bits per heavy atom. The Kier molecular flexibility index (Phi) is 5.44. The van der Waals surface area contributed by atoms with Gasteiger partial charge in [0.05, 0.1) is 0 Å². The molecular formula is C17H21NO2. The van der Waals surface area contributed by atoms with Gasteiger partial charge in [-0.3, -0.25) is 0 Å². The Bertz CT molecular complexity index is 456. The second-order valence-corrected chi connectivity index (χ2v) is 4.54. The first kappa shape index (κ1) is 14.4. The topological polar surface area (TPSA) is 44.5 Å². The molecule has 0 spiro atoms. The zero-order valence-electron chi connectivity index (χ0n) is 11.8. The molecule has 0 atom stereocenters. The number of rotatable bonds is 7. The molecule has 2 aromatic carbocycles. The van der Waals surface area contributed by atoms with Gasteiger partial charge in [0.25, 0.3) is 0 Å². The third kappa shape index (κ3) is 4.28. The largest absolute Gasteiger partial charge is 0.490 e. The first-order valence-corrected chi connectivity index (χ1v) is 6.95. The maximum atomic E-state index is 5.63. The maximum absolute atomic E-state index is 5.63. The van der Waals surface area contributed by atoms with E-state index in [1.54, 1.807) is 0 Å². The normalized spacial score (nSPS) is 10.3. The van der Waals surface area contributed by atoms with Gasteiger partial charge < -0.3 is 15.2 Å². The highest BCUT2D eigenvalue weighted by Gasteiger charge is 1.97. The van der Waals surface area contributed by atoms with Gasteiger partial charge in [-0.2, -0.15) is 0 Å². The molecule has 0 fully saturated rings. The van der Waals surface area contributed by atoms with E-state index in [0.29, 0.717) is 19.8 Å². The summed E-state index contributed by atoms with van der Waals surface area (Å²) >= 11 is 0. The lowest BCUT2D eigenvalue weighted by Crippen LogP contribution is -2.09. The summed E-state index contributed by atoms with van der Waals surface area (Å²) in [5, 5.41) is 0. The number of ether oxygens (including phenoxy) is 2. The summed E-state index contributed by atoms with van der Waals surface area (Å²) in [5.41, 5.74) is 7.96. The van der Waals surface area contributed by atoms with Crippen LogP contribution in [0.4, 0.5) is 0 Å². The van der Waals surface area contributed by atoms with E-state index >= 15 is 0 Å². The summed E-state index contributed by atoms with van der Waals surface area (Å²) in [6, 6.07) is 16.0. The summed E-state index contributed by atoms with van der Waals surface area (Å²) in [6.45, 7) is 3.75. The summed E-state index contributed by atoms with van der Waals surface area (Å²) < 4.78 is 11.2. The van der Waals surface area contributed by atoms with Crippen LogP contribution in [0.2, 0.25) is 0 Å². The number of aryl methyl sites for hydroxylation is 1. The van der Waals surface area contributed by atoms with Crippen molar-refractivity contribution in [1.82, 2.24) is 0 Å². The van der Waals surface area contributed by atoms with E-state index in [9.17, 15) is 0 Å². The average molecular weight is 271 g/mol. The first-order valence-electron chi connectivity index (χ1n) is 6.95. The van der Waals surface area contributed by atoms with Gasteiger partial charge in [0.1, 0.15) is 24.7 Å². The molecule has 0 aliphatic rings. The van der Waals surface area contributed by atoms with Gasteiger partial charge in [0.2, 0.25) is 0 Å². The summed E-state index contributed by atoms with van der Waals surface area (Å²) in [6.07, 6.45) is 1.04. The standard InChI is InChI=1S/C17H21NO2/c1-2-14-3-7-16(8-4-14)19-11-12-20-17-9-5-15(13-18)6-10-17/h3-10H,2,11-13,18H2,1H3. The van der Waals surface area contributed by atoms with Crippen molar-refractivity contribution in [3.63, 3.8) is 0 Å². The predicted molar refractivity (Wildman–Crippen MR) is 81.1 cm³/mol. The zero-order chi connectivity index (χ0) is 14.2. The highest BCUT2D eigenvalue weighted by molar-refractivity contribution is 5.28. The molecule has 3 heteroatoms. The van der Waals surface area contributed by atoms with Gasteiger partial charge in [-0.05, 0) is 41.8 Å². The minimum atomic E-state index is 0.525. The Morgan fingerprint density at radius 3 is 1.60 bits per heavy atom. The van der Waals surface area contributed by atoms with Crippen molar-refractivity contribution in [1.29, 1.82) is 0 Å². The van der Waals surface area contributed by atoms with Crippen molar-refractivity contribution >= 4 is 0 Å². The minimum Gasteiger partial charge on any atom is -0.490 e. The lowest BCUT2D eigenvalue weighted by Gasteiger charge is -2.09. The fourth-order valence-corrected chi connectivity index (χ4v) is 1.86. The molecule has 106 valence electrons. The van der Waals surface area contributed by atoms with Crippen LogP contribution in [0.3, 0.4) is 0 Å². The van der Waals surface area contributed by atoms with Crippen molar-refractivity contribution in [3.05, 3.63) is 59.7 Å². The fraction of sp³-hybridized carbons (Fsp3) is 0.294. The van der Waals surface area contributed by atoms with Crippen LogP contribution in [-0.4, -0.2) is 13.2 Å². The first-order chi connectivity index (χ1) is 9.81. The van der Waals surface area contributed by atoms with Crippen LogP contribution in [0.15, 0.2) is 48.5 Å². The van der Waals surface area contributed by atoms with Crippen LogP contribution in [0.5, 0.6) is 11.5 Å². The van der Waals surface area contributed by atoms with E-state index in [4.69, 9.17) is 15.2 Å². The van der Waals surface area contributed by atoms with Crippen LogP contribution in [0.25, 0.3) is 0 Å². The summed E-state index contributed by atoms with van der Waals surface area (Å²) in [7, 11) is 0. The average Bonchev–Trinajstić information content (AvgIpc) is 2.53. The number of nitrogens with two attached hydrogens (primary N) is 1. The Labute approximate surface area is 120 Å². The smallest absolute Gasteiger partial charge is 0.122 e. The van der Waals surface area contributed by atoms with Crippen molar-refractivity contribution < 1.29 is 9.47 Å². The quantitative estimate of drug-likeness (QED) is 0.787. The van der Waals surface area contributed by atoms with E-state index in [-0.39, 0.29) is 0 Å². The number of hydrogen-bond acceptors (Lipinski definition) is 3. The highest BCUT2D eigenvalue weighted by atomic mass is 16.5. The molecule has 0 saturated heterocycles. The molecule has 2 aromatic rings. The second kappa shape index (κ2) is 7.56. The molecular weight excluding hydrogens is 250 g/mol. The van der Waals surface area contributed by atoms with E-state index < -0.39 is 0 Å². The minimum absolute atomic E-state index is 0.525. The molecule has 2 N–H and O–H groups in total. The van der Waals surface area contributed by atoms with Crippen LogP contribution < -0.4 is 15.2 Å². The maximum Gasteiger partial charge on any atom is 0.122 e. The molecule has 0 bridgehead atoms. The van der Waals surface area contributed by atoms with Crippen molar-refractivity contribution in [3.8, 4) is 11.5 Å². The molecule has 2 rings (SSSR count). The fourth-order valence-electron chi connectivity index (χ4n) is 1.86. The molecule has 0 unspecified atom stereocenters. The number of hydrogen-bond donors (Lipinski definition) is 1. The summed E-state index contributed by atoms with van der Waals surface area (Å²) in [5.74, 6) is 1.72. The molecule has 20 heavy (non-hydrogen) atoms. The van der Waals surface area contributed by atoms with Gasteiger partial charge >= 0.3 is 0 Å². The molecule has 0 saturated carbocycles. The lowest BCUT2D eigenvalue weighted by molar-refractivity contribution is 0.217. The third-order valence-electron chi connectivity index (χ3n) is 3.11. The Hall–Kier alpha value is -2.00. The van der Waals surface area contributed by atoms with E-state index in [1.165, 1.54) is 5.56 Å². The molecule has 3 nitrogen and oxygen atoms in total. The van der Waals surface area contributed by atoms with Crippen LogP contribution in [0, 0.1) is 0 Å². The highest BCUT2D eigenvalue weighted by Crippen LogP contribution is 2.14. The third-order valence-corrected chi connectivity index (χ3v) is 3.11. The molecule has 0 amide bonds. The van der Waals surface area contributed by atoms with Gasteiger partial charge in [-0.15, -0.1) is 0 Å². The van der Waals surface area contributed by atoms with Gasteiger partial charge in [0.15, 0.2) is 0 Å². The second-order valence-electron chi connectivity index (χ2n) is 4.54. The van der Waals surface area contributed by atoms with Gasteiger partial charge in [0, 0.05) is 6.54 Å².